The zero-order chi connectivity index (χ0) is 16.2. The summed E-state index contributed by atoms with van der Waals surface area (Å²) >= 11 is 0. The van der Waals surface area contributed by atoms with E-state index in [9.17, 15) is 5.11 Å². The van der Waals surface area contributed by atoms with Gasteiger partial charge in [-0.1, -0.05) is 19.3 Å². The van der Waals surface area contributed by atoms with Crippen LogP contribution in [-0.4, -0.2) is 37.3 Å². The van der Waals surface area contributed by atoms with Crippen molar-refractivity contribution in [3.8, 4) is 0 Å². The number of hydrogen-bond donors (Lipinski definition) is 3. The molecule has 4 nitrogen and oxygen atoms in total. The van der Waals surface area contributed by atoms with Crippen LogP contribution < -0.4 is 10.6 Å². The predicted molar refractivity (Wildman–Crippen MR) is 95.6 cm³/mol. The Kier molecular flexibility index (Phi) is 5.50. The fourth-order valence-electron chi connectivity index (χ4n) is 4.46. The molecule has 23 heavy (non-hydrogen) atoms. The molecule has 0 saturated heterocycles. The van der Waals surface area contributed by atoms with Crippen molar-refractivity contribution in [2.75, 3.05) is 26.2 Å². The zero-order valence-electron chi connectivity index (χ0n) is 14.9. The van der Waals surface area contributed by atoms with Crippen molar-refractivity contribution in [1.29, 1.82) is 0 Å². The molecule has 3 rings (SSSR count). The van der Waals surface area contributed by atoms with Crippen LogP contribution in [0.25, 0.3) is 0 Å². The van der Waals surface area contributed by atoms with E-state index in [-0.39, 0.29) is 5.41 Å². The van der Waals surface area contributed by atoms with Crippen molar-refractivity contribution in [1.82, 2.24) is 10.6 Å². The molecule has 0 atom stereocenters. The molecule has 0 aromatic rings. The molecule has 0 amide bonds. The molecule has 3 fully saturated rings. The maximum Gasteiger partial charge on any atom is 0.191 e. The summed E-state index contributed by atoms with van der Waals surface area (Å²) in [6, 6.07) is 0. The third kappa shape index (κ3) is 4.40. The van der Waals surface area contributed by atoms with E-state index in [1.807, 2.05) is 0 Å². The van der Waals surface area contributed by atoms with Crippen LogP contribution >= 0.6 is 0 Å². The van der Waals surface area contributed by atoms with Gasteiger partial charge in [-0.3, -0.25) is 4.99 Å². The molecule has 4 heteroatoms. The Labute approximate surface area is 141 Å². The van der Waals surface area contributed by atoms with Gasteiger partial charge in [-0.25, -0.2) is 0 Å². The first-order valence-electron chi connectivity index (χ1n) is 9.85. The Hall–Kier alpha value is -0.770. The van der Waals surface area contributed by atoms with Gasteiger partial charge in [0, 0.05) is 26.2 Å². The lowest BCUT2D eigenvalue weighted by atomic mass is 9.72. The van der Waals surface area contributed by atoms with E-state index in [1.54, 1.807) is 0 Å². The third-order valence-electron chi connectivity index (χ3n) is 6.42. The first-order valence-corrected chi connectivity index (χ1v) is 9.85. The van der Waals surface area contributed by atoms with Gasteiger partial charge in [-0.15, -0.1) is 0 Å². The molecule has 0 heterocycles. The second-order valence-electron chi connectivity index (χ2n) is 8.22. The summed E-state index contributed by atoms with van der Waals surface area (Å²) in [4.78, 5) is 4.92. The van der Waals surface area contributed by atoms with Crippen LogP contribution in [0, 0.1) is 16.7 Å². The number of nitrogens with one attached hydrogen (secondary N) is 2. The molecule has 0 spiro atoms. The highest BCUT2D eigenvalue weighted by atomic mass is 16.3. The number of aliphatic hydroxyl groups excluding tert-OH is 1. The highest BCUT2D eigenvalue weighted by molar-refractivity contribution is 5.79. The Bertz CT molecular complexity index is 401. The zero-order valence-corrected chi connectivity index (χ0v) is 14.9. The van der Waals surface area contributed by atoms with Crippen molar-refractivity contribution in [2.24, 2.45) is 21.7 Å². The van der Waals surface area contributed by atoms with Crippen molar-refractivity contribution in [3.63, 3.8) is 0 Å². The summed E-state index contributed by atoms with van der Waals surface area (Å²) in [5.74, 6) is 1.97. The lowest BCUT2D eigenvalue weighted by molar-refractivity contribution is 0.137. The van der Waals surface area contributed by atoms with E-state index in [4.69, 9.17) is 4.99 Å². The van der Waals surface area contributed by atoms with E-state index in [0.717, 1.165) is 37.9 Å². The number of aliphatic imine (C=N–C) groups is 1. The van der Waals surface area contributed by atoms with Crippen molar-refractivity contribution in [2.45, 2.75) is 71.1 Å². The lowest BCUT2D eigenvalue weighted by Crippen LogP contribution is -2.42. The Morgan fingerprint density at radius 2 is 1.83 bits per heavy atom. The Morgan fingerprint density at radius 3 is 2.39 bits per heavy atom. The van der Waals surface area contributed by atoms with Crippen molar-refractivity contribution in [3.05, 3.63) is 0 Å². The van der Waals surface area contributed by atoms with Crippen LogP contribution in [0.3, 0.4) is 0 Å². The van der Waals surface area contributed by atoms with E-state index in [1.165, 1.54) is 57.8 Å². The van der Waals surface area contributed by atoms with Crippen LogP contribution in [0.2, 0.25) is 0 Å². The summed E-state index contributed by atoms with van der Waals surface area (Å²) in [5, 5.41) is 16.5. The quantitative estimate of drug-likeness (QED) is 0.476. The highest BCUT2D eigenvalue weighted by Gasteiger charge is 2.53. The molecule has 0 bridgehead atoms. The van der Waals surface area contributed by atoms with Gasteiger partial charge in [0.25, 0.3) is 0 Å². The maximum absolute atomic E-state index is 9.46. The number of rotatable bonds is 8. The summed E-state index contributed by atoms with van der Waals surface area (Å²) < 4.78 is 0. The predicted octanol–water partition coefficient (Wildman–Crippen LogP) is 3.06. The van der Waals surface area contributed by atoms with Crippen LogP contribution in [0.5, 0.6) is 0 Å². The van der Waals surface area contributed by atoms with E-state index >= 15 is 0 Å². The summed E-state index contributed by atoms with van der Waals surface area (Å²) in [5.41, 5.74) is 0.840. The fourth-order valence-corrected chi connectivity index (χ4v) is 4.46. The van der Waals surface area contributed by atoms with Gasteiger partial charge in [0.15, 0.2) is 5.96 Å². The van der Waals surface area contributed by atoms with Crippen LogP contribution in [0.1, 0.15) is 71.1 Å². The van der Waals surface area contributed by atoms with Gasteiger partial charge in [0.05, 0.1) is 0 Å². The molecule has 0 unspecified atom stereocenters. The van der Waals surface area contributed by atoms with E-state index < -0.39 is 0 Å². The normalized spacial score (nSPS) is 25.9. The molecule has 132 valence electrons. The largest absolute Gasteiger partial charge is 0.396 e. The summed E-state index contributed by atoms with van der Waals surface area (Å²) in [6.07, 6.45) is 13.0. The van der Waals surface area contributed by atoms with Gasteiger partial charge in [0.1, 0.15) is 0 Å². The molecule has 3 N–H and O–H groups in total. The first-order chi connectivity index (χ1) is 11.2. The Morgan fingerprint density at radius 1 is 1.09 bits per heavy atom. The SMILES string of the molecule is CCNC(=NCC1(CCO)CCCCC1)NCC1(C2CC2)CC1. The molecule has 3 aliphatic rings. The van der Waals surface area contributed by atoms with Crippen LogP contribution in [0.15, 0.2) is 4.99 Å². The minimum Gasteiger partial charge on any atom is -0.396 e. The average Bonchev–Trinajstić information content (AvgIpc) is 3.45. The number of nitrogens with zero attached hydrogens (tertiary/aromatic N) is 1. The molecule has 0 aliphatic heterocycles. The highest BCUT2D eigenvalue weighted by Crippen LogP contribution is 2.60. The summed E-state index contributed by atoms with van der Waals surface area (Å²) in [7, 11) is 0. The smallest absolute Gasteiger partial charge is 0.191 e. The van der Waals surface area contributed by atoms with Crippen LogP contribution in [-0.2, 0) is 0 Å². The minimum atomic E-state index is 0.239. The monoisotopic (exact) mass is 321 g/mol. The molecule has 3 aliphatic carbocycles. The van der Waals surface area contributed by atoms with Crippen molar-refractivity contribution < 1.29 is 5.11 Å². The van der Waals surface area contributed by atoms with Crippen molar-refractivity contribution >= 4 is 5.96 Å². The van der Waals surface area contributed by atoms with E-state index in [0.29, 0.717) is 12.0 Å². The number of guanidine groups is 1. The number of hydrogen-bond acceptors (Lipinski definition) is 2. The number of aliphatic hydroxyl groups is 1. The molecular formula is C19H35N3O. The second-order valence-corrected chi connectivity index (χ2v) is 8.22. The van der Waals surface area contributed by atoms with Gasteiger partial charge in [-0.05, 0) is 68.6 Å². The van der Waals surface area contributed by atoms with Gasteiger partial charge >= 0.3 is 0 Å². The molecule has 0 aromatic heterocycles. The first kappa shape index (κ1) is 17.1. The average molecular weight is 322 g/mol. The van der Waals surface area contributed by atoms with Crippen LogP contribution in [0.4, 0.5) is 0 Å². The standard InChI is InChI=1S/C19H35N3O/c1-2-20-17(22-15-19(10-11-19)16-6-7-16)21-14-18(12-13-23)8-4-3-5-9-18/h16,23H,2-15H2,1H3,(H2,20,21,22). The van der Waals surface area contributed by atoms with Gasteiger partial charge < -0.3 is 15.7 Å². The Balaban J connectivity index is 1.56. The molecule has 3 saturated carbocycles. The molecule has 0 radical (unpaired) electrons. The maximum atomic E-state index is 9.46. The fraction of sp³-hybridized carbons (Fsp3) is 0.947. The topological polar surface area (TPSA) is 56.7 Å². The van der Waals surface area contributed by atoms with Gasteiger partial charge in [0.2, 0.25) is 0 Å². The lowest BCUT2D eigenvalue weighted by Gasteiger charge is -2.35. The van der Waals surface area contributed by atoms with E-state index in [2.05, 4.69) is 17.6 Å². The minimum absolute atomic E-state index is 0.239. The molecule has 0 aromatic carbocycles. The van der Waals surface area contributed by atoms with Gasteiger partial charge in [-0.2, -0.15) is 0 Å². The second kappa shape index (κ2) is 7.42. The third-order valence-corrected chi connectivity index (χ3v) is 6.42. The summed E-state index contributed by atoms with van der Waals surface area (Å²) in [6.45, 7) is 5.30. The molecular weight excluding hydrogens is 286 g/mol.